The molecule has 0 spiro atoms. The summed E-state index contributed by atoms with van der Waals surface area (Å²) >= 11 is 1.53. The Labute approximate surface area is 195 Å². The van der Waals surface area contributed by atoms with Gasteiger partial charge in [0.1, 0.15) is 10.7 Å². The van der Waals surface area contributed by atoms with Crippen molar-refractivity contribution in [3.63, 3.8) is 0 Å². The molecule has 7 heteroatoms. The van der Waals surface area contributed by atoms with Gasteiger partial charge in [0.15, 0.2) is 11.5 Å². The summed E-state index contributed by atoms with van der Waals surface area (Å²) in [7, 11) is 0. The zero-order valence-corrected chi connectivity index (χ0v) is 19.1. The predicted molar refractivity (Wildman–Crippen MR) is 130 cm³/mol. The van der Waals surface area contributed by atoms with E-state index in [4.69, 9.17) is 14.5 Å². The summed E-state index contributed by atoms with van der Waals surface area (Å²) in [5, 5.41) is 2.71. The Bertz CT molecular complexity index is 1350. The van der Waals surface area contributed by atoms with Gasteiger partial charge in [-0.2, -0.15) is 0 Å². The van der Waals surface area contributed by atoms with E-state index in [1.165, 1.54) is 16.9 Å². The highest BCUT2D eigenvalue weighted by Crippen LogP contribution is 2.38. The summed E-state index contributed by atoms with van der Waals surface area (Å²) in [6, 6.07) is 16.6. The summed E-state index contributed by atoms with van der Waals surface area (Å²) in [5.74, 6) is 2.37. The molecule has 168 valence electrons. The fourth-order valence-electron chi connectivity index (χ4n) is 4.87. The van der Waals surface area contributed by atoms with Crippen molar-refractivity contribution in [1.82, 2.24) is 14.9 Å². The second kappa shape index (κ2) is 8.65. The van der Waals surface area contributed by atoms with E-state index in [2.05, 4.69) is 22.0 Å². The van der Waals surface area contributed by atoms with Crippen LogP contribution < -0.4 is 15.0 Å². The van der Waals surface area contributed by atoms with E-state index in [-0.39, 0.29) is 11.6 Å². The summed E-state index contributed by atoms with van der Waals surface area (Å²) in [5.41, 5.74) is 3.14. The van der Waals surface area contributed by atoms with Crippen LogP contribution in [0.15, 0.2) is 58.7 Å². The molecule has 0 aliphatic carbocycles. The molecule has 2 aliphatic rings. The lowest BCUT2D eigenvalue weighted by Gasteiger charge is -2.25. The maximum absolute atomic E-state index is 13.0. The number of hydrogen-bond acceptors (Lipinski definition) is 6. The number of hydrogen-bond donors (Lipinski definition) is 1. The van der Waals surface area contributed by atoms with Crippen LogP contribution in [-0.2, 0) is 6.54 Å². The monoisotopic (exact) mass is 459 g/mol. The summed E-state index contributed by atoms with van der Waals surface area (Å²) in [4.78, 5) is 24.1. The fraction of sp³-hybridized carbons (Fsp3) is 0.308. The minimum absolute atomic E-state index is 0.0681. The highest BCUT2D eigenvalue weighted by Gasteiger charge is 2.28. The van der Waals surface area contributed by atoms with Crippen molar-refractivity contribution in [2.24, 2.45) is 0 Å². The van der Waals surface area contributed by atoms with E-state index in [0.29, 0.717) is 25.1 Å². The highest BCUT2D eigenvalue weighted by molar-refractivity contribution is 7.17. The van der Waals surface area contributed by atoms with Crippen molar-refractivity contribution in [1.29, 1.82) is 0 Å². The van der Waals surface area contributed by atoms with Gasteiger partial charge in [-0.05, 0) is 42.6 Å². The summed E-state index contributed by atoms with van der Waals surface area (Å²) in [6.45, 7) is 2.96. The van der Waals surface area contributed by atoms with Crippen molar-refractivity contribution >= 4 is 21.6 Å². The van der Waals surface area contributed by atoms with Gasteiger partial charge in [0.25, 0.3) is 5.56 Å². The van der Waals surface area contributed by atoms with Crippen molar-refractivity contribution in [2.45, 2.75) is 31.8 Å². The number of benzene rings is 2. The van der Waals surface area contributed by atoms with Gasteiger partial charge in [-0.3, -0.25) is 9.69 Å². The van der Waals surface area contributed by atoms with E-state index in [9.17, 15) is 4.79 Å². The Morgan fingerprint density at radius 1 is 1.06 bits per heavy atom. The van der Waals surface area contributed by atoms with Gasteiger partial charge in [0.2, 0.25) is 0 Å². The number of fused-ring (bicyclic) bond motifs is 2. The lowest BCUT2D eigenvalue weighted by Crippen LogP contribution is -2.25. The van der Waals surface area contributed by atoms with Gasteiger partial charge < -0.3 is 14.5 Å². The Morgan fingerprint density at radius 2 is 1.91 bits per heavy atom. The summed E-state index contributed by atoms with van der Waals surface area (Å²) < 4.78 is 11.7. The molecule has 6 nitrogen and oxygen atoms in total. The van der Waals surface area contributed by atoms with Crippen LogP contribution in [-0.4, -0.2) is 34.6 Å². The first-order valence-electron chi connectivity index (χ1n) is 11.5. The van der Waals surface area contributed by atoms with Crippen LogP contribution in [0.2, 0.25) is 0 Å². The van der Waals surface area contributed by atoms with Crippen LogP contribution in [0.25, 0.3) is 21.3 Å². The molecule has 33 heavy (non-hydrogen) atoms. The average Bonchev–Trinajstić information content (AvgIpc) is 3.40. The second-order valence-corrected chi connectivity index (χ2v) is 9.45. The first kappa shape index (κ1) is 20.4. The van der Waals surface area contributed by atoms with E-state index in [1.807, 2.05) is 41.8 Å². The summed E-state index contributed by atoms with van der Waals surface area (Å²) in [6.07, 6.45) is 3.09. The third kappa shape index (κ3) is 3.92. The van der Waals surface area contributed by atoms with Crippen molar-refractivity contribution < 1.29 is 9.47 Å². The first-order chi connectivity index (χ1) is 16.3. The number of nitrogens with one attached hydrogen (secondary N) is 1. The third-order valence-electron chi connectivity index (χ3n) is 6.45. The normalized spacial score (nSPS) is 18.5. The zero-order chi connectivity index (χ0) is 22.2. The largest absolute Gasteiger partial charge is 0.490 e. The smallest absolute Gasteiger partial charge is 0.260 e. The Hall–Kier alpha value is -3.16. The molecule has 0 amide bonds. The molecule has 0 unspecified atom stereocenters. The molecule has 1 saturated heterocycles. The number of ether oxygens (including phenoxy) is 2. The number of aromatic nitrogens is 2. The Kier molecular flexibility index (Phi) is 5.36. The molecule has 2 aromatic heterocycles. The molecule has 1 atom stereocenters. The van der Waals surface area contributed by atoms with Crippen LogP contribution in [0.4, 0.5) is 0 Å². The Balaban J connectivity index is 1.28. The lowest BCUT2D eigenvalue weighted by atomic mass is 10.0. The topological polar surface area (TPSA) is 67.5 Å². The Morgan fingerprint density at radius 3 is 2.79 bits per heavy atom. The van der Waals surface area contributed by atoms with Crippen molar-refractivity contribution in [3.8, 4) is 22.6 Å². The van der Waals surface area contributed by atoms with Crippen molar-refractivity contribution in [3.05, 3.63) is 75.7 Å². The first-order valence-corrected chi connectivity index (χ1v) is 12.3. The number of rotatable bonds is 4. The highest BCUT2D eigenvalue weighted by atomic mass is 32.1. The molecular weight excluding hydrogens is 434 g/mol. The van der Waals surface area contributed by atoms with Gasteiger partial charge >= 0.3 is 0 Å². The van der Waals surface area contributed by atoms with Crippen LogP contribution in [0.3, 0.4) is 0 Å². The number of nitrogens with zero attached hydrogens (tertiary/aromatic N) is 2. The SMILES string of the molecule is O=c1[nH]c(CN2CCC[C@H]2c2ccc3c(c2)OCCCO3)nc2scc(-c3ccccc3)c12. The van der Waals surface area contributed by atoms with Crippen molar-refractivity contribution in [2.75, 3.05) is 19.8 Å². The molecule has 6 rings (SSSR count). The average molecular weight is 460 g/mol. The zero-order valence-electron chi connectivity index (χ0n) is 18.3. The molecule has 4 aromatic rings. The molecule has 1 fully saturated rings. The van der Waals surface area contributed by atoms with Crippen LogP contribution in [0.1, 0.15) is 36.7 Å². The molecular formula is C26H25N3O3S. The van der Waals surface area contributed by atoms with Gasteiger partial charge in [0, 0.05) is 23.4 Å². The maximum atomic E-state index is 13.0. The minimum Gasteiger partial charge on any atom is -0.490 e. The lowest BCUT2D eigenvalue weighted by molar-refractivity contribution is 0.241. The number of H-pyrrole nitrogens is 1. The van der Waals surface area contributed by atoms with E-state index in [1.54, 1.807) is 0 Å². The van der Waals surface area contributed by atoms with Crippen LogP contribution in [0, 0.1) is 0 Å². The van der Waals surface area contributed by atoms with Gasteiger partial charge in [0.05, 0.1) is 25.1 Å². The molecule has 1 N–H and O–H groups in total. The second-order valence-electron chi connectivity index (χ2n) is 8.59. The number of aromatic amines is 1. The fourth-order valence-corrected chi connectivity index (χ4v) is 5.84. The maximum Gasteiger partial charge on any atom is 0.260 e. The van der Waals surface area contributed by atoms with Gasteiger partial charge in [-0.15, -0.1) is 11.3 Å². The molecule has 0 radical (unpaired) electrons. The van der Waals surface area contributed by atoms with Crippen LogP contribution >= 0.6 is 11.3 Å². The molecule has 2 aliphatic heterocycles. The quantitative estimate of drug-likeness (QED) is 0.457. The van der Waals surface area contributed by atoms with Crippen LogP contribution in [0.5, 0.6) is 11.5 Å². The molecule has 0 bridgehead atoms. The van der Waals surface area contributed by atoms with E-state index in [0.717, 1.165) is 59.1 Å². The van der Waals surface area contributed by atoms with E-state index >= 15 is 0 Å². The number of likely N-dealkylation sites (tertiary alicyclic amines) is 1. The molecule has 0 saturated carbocycles. The van der Waals surface area contributed by atoms with Gasteiger partial charge in [-0.1, -0.05) is 36.4 Å². The predicted octanol–water partition coefficient (Wildman–Crippen LogP) is 5.15. The third-order valence-corrected chi connectivity index (χ3v) is 7.32. The molecule has 4 heterocycles. The number of thiophene rings is 1. The minimum atomic E-state index is -0.0681. The standard InChI is InChI=1S/C26H25N3O3S/c30-25-24-19(17-6-2-1-3-7-17)16-33-26(24)28-23(27-25)15-29-11-4-8-20(29)18-9-10-21-22(14-18)32-13-5-12-31-21/h1-3,6-7,9-10,14,16,20H,4-5,8,11-13,15H2,(H,27,28,30)/t20-/m0/s1. The van der Waals surface area contributed by atoms with Gasteiger partial charge in [-0.25, -0.2) is 4.98 Å². The molecule has 2 aromatic carbocycles. The van der Waals surface area contributed by atoms with E-state index < -0.39 is 0 Å².